The summed E-state index contributed by atoms with van der Waals surface area (Å²) in [6.07, 6.45) is 4.44. The monoisotopic (exact) mass is 282 g/mol. The number of likely N-dealkylation sites (tertiary alicyclic amines) is 2. The van der Waals surface area contributed by atoms with Crippen LogP contribution in [0.25, 0.3) is 0 Å². The van der Waals surface area contributed by atoms with Crippen LogP contribution >= 0.6 is 0 Å². The number of piperazine rings is 1. The van der Waals surface area contributed by atoms with E-state index in [9.17, 15) is 0 Å². The maximum Gasteiger partial charge on any atom is 0.0597 e. The lowest BCUT2D eigenvalue weighted by molar-refractivity contribution is 0.0425. The molecule has 2 bridgehead atoms. The molecule has 3 nitrogen and oxygen atoms in total. The fourth-order valence-electron chi connectivity index (χ4n) is 3.60. The number of hydrogen-bond donors (Lipinski definition) is 0. The Morgan fingerprint density at radius 1 is 1.05 bits per heavy atom. The van der Waals surface area contributed by atoms with Crippen molar-refractivity contribution in [3.63, 3.8) is 0 Å². The Bertz CT molecular complexity index is 298. The first kappa shape index (κ1) is 16.3. The molecule has 2 heterocycles. The molecule has 20 heavy (non-hydrogen) atoms. The van der Waals surface area contributed by atoms with Gasteiger partial charge in [-0.25, -0.2) is 0 Å². The van der Waals surface area contributed by atoms with Crippen LogP contribution in [0.4, 0.5) is 0 Å². The van der Waals surface area contributed by atoms with E-state index in [1.54, 1.807) is 0 Å². The van der Waals surface area contributed by atoms with Crippen molar-refractivity contribution in [3.8, 4) is 0 Å². The van der Waals surface area contributed by atoms with Gasteiger partial charge in [0.15, 0.2) is 0 Å². The van der Waals surface area contributed by atoms with Crippen molar-refractivity contribution in [1.82, 2.24) is 9.80 Å². The number of hydrogen-bond acceptors (Lipinski definition) is 3. The van der Waals surface area contributed by atoms with Crippen molar-refractivity contribution in [2.45, 2.75) is 72.1 Å². The maximum absolute atomic E-state index is 5.69. The van der Waals surface area contributed by atoms with Crippen molar-refractivity contribution in [2.75, 3.05) is 32.8 Å². The van der Waals surface area contributed by atoms with Crippen LogP contribution in [0.15, 0.2) is 0 Å². The van der Waals surface area contributed by atoms with E-state index in [1.807, 2.05) is 0 Å². The van der Waals surface area contributed by atoms with Gasteiger partial charge in [0.1, 0.15) is 0 Å². The van der Waals surface area contributed by atoms with Gasteiger partial charge >= 0.3 is 0 Å². The lowest BCUT2D eigenvalue weighted by atomic mass is 9.90. The molecular formula is C17H34N2O. The number of rotatable bonds is 7. The van der Waals surface area contributed by atoms with E-state index >= 15 is 0 Å². The molecule has 0 spiro atoms. The Morgan fingerprint density at radius 3 is 2.15 bits per heavy atom. The normalized spacial score (nSPS) is 27.9. The molecule has 0 aromatic rings. The van der Waals surface area contributed by atoms with E-state index in [4.69, 9.17) is 4.74 Å². The van der Waals surface area contributed by atoms with Gasteiger partial charge in [0, 0.05) is 31.7 Å². The highest BCUT2D eigenvalue weighted by Gasteiger charge is 2.42. The summed E-state index contributed by atoms with van der Waals surface area (Å²) in [5.74, 6) is 0. The average Bonchev–Trinajstić information content (AvgIpc) is 2.86. The molecule has 0 N–H and O–H groups in total. The standard InChI is InChI=1S/C17H34N2O/c1-14(2)20-10-9-19-13-15-11-16(19)12-18(15)8-6-7-17(3,4)5/h14-16H,6-13H2,1-5H3/t15-,16-/m1/s1. The molecule has 2 aliphatic heterocycles. The van der Waals surface area contributed by atoms with Gasteiger partial charge < -0.3 is 4.74 Å². The molecule has 3 heteroatoms. The van der Waals surface area contributed by atoms with Gasteiger partial charge in [-0.1, -0.05) is 20.8 Å². The summed E-state index contributed by atoms with van der Waals surface area (Å²) in [6.45, 7) is 17.1. The SMILES string of the molecule is CC(C)OCCN1C[C@H]2C[C@@H]1CN2CCCC(C)(C)C. The van der Waals surface area contributed by atoms with Gasteiger partial charge in [-0.15, -0.1) is 0 Å². The summed E-state index contributed by atoms with van der Waals surface area (Å²) in [4.78, 5) is 5.38. The van der Waals surface area contributed by atoms with E-state index < -0.39 is 0 Å². The minimum atomic E-state index is 0.365. The molecule has 118 valence electrons. The number of ether oxygens (including phenoxy) is 1. The smallest absolute Gasteiger partial charge is 0.0597 e. The molecule has 0 unspecified atom stereocenters. The average molecular weight is 282 g/mol. The summed E-state index contributed by atoms with van der Waals surface area (Å²) < 4.78 is 5.69. The third-order valence-electron chi connectivity index (χ3n) is 4.67. The lowest BCUT2D eigenvalue weighted by Crippen LogP contribution is -2.47. The van der Waals surface area contributed by atoms with E-state index in [1.165, 1.54) is 38.9 Å². The summed E-state index contributed by atoms with van der Waals surface area (Å²) >= 11 is 0. The Kier molecular flexibility index (Phi) is 5.49. The van der Waals surface area contributed by atoms with Crippen molar-refractivity contribution in [2.24, 2.45) is 5.41 Å². The van der Waals surface area contributed by atoms with Crippen molar-refractivity contribution < 1.29 is 4.74 Å². The zero-order valence-electron chi connectivity index (χ0n) is 14.2. The van der Waals surface area contributed by atoms with Crippen LogP contribution in [0.5, 0.6) is 0 Å². The largest absolute Gasteiger partial charge is 0.377 e. The van der Waals surface area contributed by atoms with E-state index in [-0.39, 0.29) is 0 Å². The molecular weight excluding hydrogens is 248 g/mol. The zero-order chi connectivity index (χ0) is 14.8. The minimum Gasteiger partial charge on any atom is -0.377 e. The van der Waals surface area contributed by atoms with Crippen molar-refractivity contribution in [1.29, 1.82) is 0 Å². The van der Waals surface area contributed by atoms with E-state index in [0.29, 0.717) is 11.5 Å². The van der Waals surface area contributed by atoms with Crippen LogP contribution < -0.4 is 0 Å². The van der Waals surface area contributed by atoms with Crippen molar-refractivity contribution in [3.05, 3.63) is 0 Å². The van der Waals surface area contributed by atoms with Crippen LogP contribution in [0, 0.1) is 5.41 Å². The summed E-state index contributed by atoms with van der Waals surface area (Å²) in [6, 6.07) is 1.62. The molecule has 2 rings (SSSR count). The molecule has 2 atom stereocenters. The maximum atomic E-state index is 5.69. The molecule has 0 aliphatic carbocycles. The van der Waals surface area contributed by atoms with Crippen LogP contribution in [0.2, 0.25) is 0 Å². The minimum absolute atomic E-state index is 0.365. The Hall–Kier alpha value is -0.120. The first-order valence-electron chi connectivity index (χ1n) is 8.45. The second kappa shape index (κ2) is 6.76. The zero-order valence-corrected chi connectivity index (χ0v) is 14.2. The molecule has 0 saturated carbocycles. The first-order chi connectivity index (χ1) is 9.35. The summed E-state index contributed by atoms with van der Waals surface area (Å²) in [5, 5.41) is 0. The van der Waals surface area contributed by atoms with Gasteiger partial charge in [-0.3, -0.25) is 9.80 Å². The molecule has 2 fully saturated rings. The van der Waals surface area contributed by atoms with Gasteiger partial charge in [0.2, 0.25) is 0 Å². The van der Waals surface area contributed by atoms with Crippen molar-refractivity contribution >= 4 is 0 Å². The lowest BCUT2D eigenvalue weighted by Gasteiger charge is -2.34. The van der Waals surface area contributed by atoms with Crippen LogP contribution in [-0.2, 0) is 4.74 Å². The van der Waals surface area contributed by atoms with Gasteiger partial charge in [-0.05, 0) is 45.1 Å². The second-order valence-corrected chi connectivity index (χ2v) is 8.12. The fourth-order valence-corrected chi connectivity index (χ4v) is 3.60. The van der Waals surface area contributed by atoms with Gasteiger partial charge in [0.05, 0.1) is 12.7 Å². The van der Waals surface area contributed by atoms with E-state index in [0.717, 1.165) is 25.2 Å². The number of nitrogens with zero attached hydrogens (tertiary/aromatic N) is 2. The first-order valence-corrected chi connectivity index (χ1v) is 8.45. The number of fused-ring (bicyclic) bond motifs is 2. The highest BCUT2D eigenvalue weighted by molar-refractivity contribution is 4.99. The van der Waals surface area contributed by atoms with Crippen LogP contribution in [0.3, 0.4) is 0 Å². The fraction of sp³-hybridized carbons (Fsp3) is 1.00. The molecule has 0 aromatic heterocycles. The molecule has 0 aromatic carbocycles. The predicted molar refractivity (Wildman–Crippen MR) is 85.1 cm³/mol. The second-order valence-electron chi connectivity index (χ2n) is 8.12. The molecule has 2 aliphatic rings. The highest BCUT2D eigenvalue weighted by Crippen LogP contribution is 2.31. The Balaban J connectivity index is 1.64. The third kappa shape index (κ3) is 4.71. The topological polar surface area (TPSA) is 15.7 Å². The molecule has 0 radical (unpaired) electrons. The van der Waals surface area contributed by atoms with Gasteiger partial charge in [-0.2, -0.15) is 0 Å². The molecule has 2 saturated heterocycles. The van der Waals surface area contributed by atoms with Crippen LogP contribution in [-0.4, -0.2) is 60.8 Å². The van der Waals surface area contributed by atoms with Gasteiger partial charge in [0.25, 0.3) is 0 Å². The third-order valence-corrected chi connectivity index (χ3v) is 4.67. The predicted octanol–water partition coefficient (Wildman–Crippen LogP) is 3.00. The van der Waals surface area contributed by atoms with Crippen LogP contribution in [0.1, 0.15) is 53.9 Å². The quantitative estimate of drug-likeness (QED) is 0.714. The Labute approximate surface area is 125 Å². The van der Waals surface area contributed by atoms with E-state index in [2.05, 4.69) is 44.4 Å². The summed E-state index contributed by atoms with van der Waals surface area (Å²) in [5.41, 5.74) is 0.485. The Morgan fingerprint density at radius 2 is 1.65 bits per heavy atom. The summed E-state index contributed by atoms with van der Waals surface area (Å²) in [7, 11) is 0. The molecule has 0 amide bonds. The highest BCUT2D eigenvalue weighted by atomic mass is 16.5.